The van der Waals surface area contributed by atoms with Gasteiger partial charge in [-0.25, -0.2) is 0 Å². The maximum atomic E-state index is 2.48. The summed E-state index contributed by atoms with van der Waals surface area (Å²) < 4.78 is 0. The average Bonchev–Trinajstić information content (AvgIpc) is 2.82. The van der Waals surface area contributed by atoms with Crippen LogP contribution in [0.2, 0.25) is 0 Å². The highest BCUT2D eigenvalue weighted by atomic mass is 14.5. The van der Waals surface area contributed by atoms with Crippen molar-refractivity contribution in [3.05, 3.63) is 0 Å². The van der Waals surface area contributed by atoms with Crippen molar-refractivity contribution in [3.8, 4) is 0 Å². The molecule has 2 aliphatic rings. The standard InChI is InChI=1S/C16H30/c1-3-4-5-6-7-8-9-14-11-15-12-16(14)10-13(15)2/h13-16H,3-12H2,1-2H3. The van der Waals surface area contributed by atoms with Crippen molar-refractivity contribution < 1.29 is 0 Å². The molecule has 2 aliphatic carbocycles. The summed E-state index contributed by atoms with van der Waals surface area (Å²) in [4.78, 5) is 0. The van der Waals surface area contributed by atoms with Crippen molar-refractivity contribution in [2.45, 2.75) is 78.1 Å². The van der Waals surface area contributed by atoms with E-state index in [4.69, 9.17) is 0 Å². The first-order chi connectivity index (χ1) is 7.81. The fourth-order valence-electron chi connectivity index (χ4n) is 4.22. The lowest BCUT2D eigenvalue weighted by molar-refractivity contribution is 0.254. The van der Waals surface area contributed by atoms with Crippen LogP contribution in [0.1, 0.15) is 78.1 Å². The first-order valence-electron chi connectivity index (χ1n) is 7.81. The van der Waals surface area contributed by atoms with Crippen molar-refractivity contribution in [2.24, 2.45) is 23.7 Å². The summed E-state index contributed by atoms with van der Waals surface area (Å²) >= 11 is 0. The van der Waals surface area contributed by atoms with Crippen LogP contribution in [0.4, 0.5) is 0 Å². The molecule has 2 rings (SSSR count). The predicted molar refractivity (Wildman–Crippen MR) is 71.5 cm³/mol. The molecule has 0 aromatic carbocycles. The zero-order chi connectivity index (χ0) is 11.4. The Balaban J connectivity index is 1.52. The van der Waals surface area contributed by atoms with E-state index in [1.807, 2.05) is 0 Å². The van der Waals surface area contributed by atoms with E-state index in [0.29, 0.717) is 0 Å². The van der Waals surface area contributed by atoms with Crippen molar-refractivity contribution in [1.29, 1.82) is 0 Å². The Kier molecular flexibility index (Phi) is 4.73. The van der Waals surface area contributed by atoms with Crippen molar-refractivity contribution >= 4 is 0 Å². The molecule has 4 unspecified atom stereocenters. The summed E-state index contributed by atoms with van der Waals surface area (Å²) in [5.74, 6) is 4.45. The van der Waals surface area contributed by atoms with Crippen molar-refractivity contribution in [3.63, 3.8) is 0 Å². The molecule has 0 aromatic heterocycles. The lowest BCUT2D eigenvalue weighted by Gasteiger charge is -2.25. The van der Waals surface area contributed by atoms with Gasteiger partial charge in [0.2, 0.25) is 0 Å². The van der Waals surface area contributed by atoms with Crippen LogP contribution in [-0.2, 0) is 0 Å². The van der Waals surface area contributed by atoms with Crippen LogP contribution >= 0.6 is 0 Å². The number of hydrogen-bond acceptors (Lipinski definition) is 0. The van der Waals surface area contributed by atoms with E-state index < -0.39 is 0 Å². The minimum Gasteiger partial charge on any atom is -0.0654 e. The lowest BCUT2D eigenvalue weighted by atomic mass is 9.80. The SMILES string of the molecule is CCCCCCCCC1CC2CC1CC2C. The van der Waals surface area contributed by atoms with Gasteiger partial charge in [0.1, 0.15) is 0 Å². The minimum absolute atomic E-state index is 1.06. The molecule has 0 heterocycles. The zero-order valence-electron chi connectivity index (χ0n) is 11.4. The van der Waals surface area contributed by atoms with E-state index in [0.717, 1.165) is 23.7 Å². The highest BCUT2D eigenvalue weighted by Gasteiger charge is 2.42. The van der Waals surface area contributed by atoms with Crippen LogP contribution in [-0.4, -0.2) is 0 Å². The van der Waals surface area contributed by atoms with Gasteiger partial charge in [-0.1, -0.05) is 58.8 Å². The Morgan fingerprint density at radius 2 is 1.56 bits per heavy atom. The zero-order valence-corrected chi connectivity index (χ0v) is 11.4. The third-order valence-corrected chi connectivity index (χ3v) is 5.29. The third kappa shape index (κ3) is 3.02. The molecule has 94 valence electrons. The third-order valence-electron chi connectivity index (χ3n) is 5.29. The van der Waals surface area contributed by atoms with E-state index in [2.05, 4.69) is 13.8 Å². The highest BCUT2D eigenvalue weighted by molar-refractivity contribution is 4.93. The molecule has 0 spiro atoms. The molecule has 2 saturated carbocycles. The lowest BCUT2D eigenvalue weighted by Crippen LogP contribution is -2.15. The normalized spacial score (nSPS) is 37.1. The molecule has 0 aliphatic heterocycles. The van der Waals surface area contributed by atoms with Gasteiger partial charge in [0.05, 0.1) is 0 Å². The van der Waals surface area contributed by atoms with Crippen LogP contribution in [0.5, 0.6) is 0 Å². The Bertz CT molecular complexity index is 194. The molecular formula is C16H30. The summed E-state index contributed by atoms with van der Waals surface area (Å²) in [6.45, 7) is 4.78. The van der Waals surface area contributed by atoms with Crippen molar-refractivity contribution in [1.82, 2.24) is 0 Å². The average molecular weight is 222 g/mol. The molecular weight excluding hydrogens is 192 g/mol. The van der Waals surface area contributed by atoms with E-state index in [9.17, 15) is 0 Å². The fraction of sp³-hybridized carbons (Fsp3) is 1.00. The van der Waals surface area contributed by atoms with E-state index in [1.54, 1.807) is 25.7 Å². The molecule has 0 nitrogen and oxygen atoms in total. The van der Waals surface area contributed by atoms with Gasteiger partial charge in [-0.3, -0.25) is 0 Å². The van der Waals surface area contributed by atoms with Crippen LogP contribution in [0, 0.1) is 23.7 Å². The molecule has 16 heavy (non-hydrogen) atoms. The van der Waals surface area contributed by atoms with Crippen LogP contribution in [0.15, 0.2) is 0 Å². The number of unbranched alkanes of at least 4 members (excludes halogenated alkanes) is 5. The van der Waals surface area contributed by atoms with Gasteiger partial charge in [-0.15, -0.1) is 0 Å². The summed E-state index contributed by atoms with van der Waals surface area (Å²) in [5.41, 5.74) is 0. The maximum absolute atomic E-state index is 2.48. The van der Waals surface area contributed by atoms with Gasteiger partial charge in [0.15, 0.2) is 0 Å². The van der Waals surface area contributed by atoms with Gasteiger partial charge >= 0.3 is 0 Å². The van der Waals surface area contributed by atoms with Crippen LogP contribution in [0.3, 0.4) is 0 Å². The molecule has 4 atom stereocenters. The molecule has 0 N–H and O–H groups in total. The van der Waals surface area contributed by atoms with Gasteiger partial charge < -0.3 is 0 Å². The smallest absolute Gasteiger partial charge is 0.0380 e. The molecule has 0 heteroatoms. The summed E-state index contributed by atoms with van der Waals surface area (Å²) in [5, 5.41) is 0. The van der Waals surface area contributed by atoms with Crippen LogP contribution < -0.4 is 0 Å². The summed E-state index contributed by atoms with van der Waals surface area (Å²) in [6, 6.07) is 0. The Hall–Kier alpha value is 0. The largest absolute Gasteiger partial charge is 0.0654 e. The quantitative estimate of drug-likeness (QED) is 0.505. The molecule has 0 aromatic rings. The molecule has 2 bridgehead atoms. The number of hydrogen-bond donors (Lipinski definition) is 0. The number of fused-ring (bicyclic) bond motifs is 2. The topological polar surface area (TPSA) is 0 Å². The van der Waals surface area contributed by atoms with E-state index in [-0.39, 0.29) is 0 Å². The van der Waals surface area contributed by atoms with Gasteiger partial charge in [-0.2, -0.15) is 0 Å². The second-order valence-corrected chi connectivity index (χ2v) is 6.52. The van der Waals surface area contributed by atoms with Gasteiger partial charge in [-0.05, 0) is 42.9 Å². The van der Waals surface area contributed by atoms with E-state index >= 15 is 0 Å². The maximum Gasteiger partial charge on any atom is -0.0380 e. The van der Waals surface area contributed by atoms with Gasteiger partial charge in [0, 0.05) is 0 Å². The Morgan fingerprint density at radius 3 is 2.19 bits per heavy atom. The summed E-state index contributed by atoms with van der Waals surface area (Å²) in [6.07, 6.45) is 15.1. The highest BCUT2D eigenvalue weighted by Crippen LogP contribution is 2.52. The Morgan fingerprint density at radius 1 is 0.812 bits per heavy atom. The van der Waals surface area contributed by atoms with Crippen molar-refractivity contribution in [2.75, 3.05) is 0 Å². The molecule has 0 radical (unpaired) electrons. The monoisotopic (exact) mass is 222 g/mol. The molecule has 0 saturated heterocycles. The first kappa shape index (κ1) is 12.5. The van der Waals surface area contributed by atoms with Gasteiger partial charge in [0.25, 0.3) is 0 Å². The number of rotatable bonds is 7. The summed E-state index contributed by atoms with van der Waals surface area (Å²) in [7, 11) is 0. The molecule has 0 amide bonds. The molecule has 2 fully saturated rings. The second kappa shape index (κ2) is 6.07. The minimum atomic E-state index is 1.06. The van der Waals surface area contributed by atoms with Crippen LogP contribution in [0.25, 0.3) is 0 Å². The van der Waals surface area contributed by atoms with E-state index in [1.165, 1.54) is 38.5 Å². The second-order valence-electron chi connectivity index (χ2n) is 6.52. The predicted octanol–water partition coefficient (Wildman–Crippen LogP) is 5.42. The first-order valence-corrected chi connectivity index (χ1v) is 7.81. The Labute approximate surface area is 102 Å². The fourth-order valence-corrected chi connectivity index (χ4v) is 4.22.